The van der Waals surface area contributed by atoms with Crippen LogP contribution in [0.15, 0.2) is 30.6 Å². The lowest BCUT2D eigenvalue weighted by Gasteiger charge is -2.10. The summed E-state index contributed by atoms with van der Waals surface area (Å²) < 4.78 is 46.5. The second-order valence-electron chi connectivity index (χ2n) is 6.04. The molecular weight excluding hydrogens is 347 g/mol. The highest BCUT2D eigenvalue weighted by Crippen LogP contribution is 2.31. The van der Waals surface area contributed by atoms with E-state index in [1.807, 2.05) is 25.1 Å². The molecule has 0 spiro atoms. The van der Waals surface area contributed by atoms with Crippen LogP contribution in [0.5, 0.6) is 5.75 Å². The van der Waals surface area contributed by atoms with Gasteiger partial charge in [0.1, 0.15) is 30.0 Å². The molecule has 0 aliphatic carbocycles. The predicted molar refractivity (Wildman–Crippen MR) is 87.2 cm³/mol. The first-order chi connectivity index (χ1) is 12.4. The van der Waals surface area contributed by atoms with Crippen LogP contribution in [-0.4, -0.2) is 37.3 Å². The fourth-order valence-electron chi connectivity index (χ4n) is 3.00. The van der Waals surface area contributed by atoms with E-state index in [1.54, 1.807) is 10.7 Å². The number of rotatable bonds is 3. The third-order valence-corrected chi connectivity index (χ3v) is 4.23. The van der Waals surface area contributed by atoms with Crippen molar-refractivity contribution in [2.24, 2.45) is 0 Å². The van der Waals surface area contributed by atoms with E-state index in [0.29, 0.717) is 24.5 Å². The molecule has 2 aromatic heterocycles. The molecule has 0 saturated heterocycles. The second-order valence-corrected chi connectivity index (χ2v) is 6.04. The van der Waals surface area contributed by atoms with Gasteiger partial charge in [0.25, 0.3) is 0 Å². The van der Waals surface area contributed by atoms with Gasteiger partial charge in [-0.3, -0.25) is 0 Å². The number of hydrogen-bond donors (Lipinski definition) is 0. The molecule has 1 aromatic carbocycles. The Morgan fingerprint density at radius 3 is 2.85 bits per heavy atom. The monoisotopic (exact) mass is 363 g/mol. The summed E-state index contributed by atoms with van der Waals surface area (Å²) in [5.74, 6) is 0.796. The number of halogens is 3. The fraction of sp³-hybridized carbons (Fsp3) is 0.353. The lowest BCUT2D eigenvalue weighted by atomic mass is 10.1. The summed E-state index contributed by atoms with van der Waals surface area (Å²) in [4.78, 5) is 3.97. The number of aromatic nitrogens is 5. The van der Waals surface area contributed by atoms with E-state index in [1.165, 1.54) is 0 Å². The molecule has 0 radical (unpaired) electrons. The van der Waals surface area contributed by atoms with E-state index < -0.39 is 12.7 Å². The quantitative estimate of drug-likeness (QED) is 0.717. The number of nitrogens with zero attached hydrogens (tertiary/aromatic N) is 5. The van der Waals surface area contributed by atoms with Gasteiger partial charge in [0.2, 0.25) is 0 Å². The van der Waals surface area contributed by atoms with Gasteiger partial charge in [-0.05, 0) is 30.2 Å². The normalized spacial score (nSPS) is 13.7. The minimum atomic E-state index is -4.38. The van der Waals surface area contributed by atoms with Gasteiger partial charge in [0, 0.05) is 12.1 Å². The molecule has 0 bridgehead atoms. The SMILES string of the molecule is CCc1ccc2c(c1)-n1nc(-c3ncnn3CC(F)(F)F)cc1CCO2. The van der Waals surface area contributed by atoms with Crippen LogP contribution in [0.4, 0.5) is 13.2 Å². The minimum Gasteiger partial charge on any atom is -0.491 e. The number of alkyl halides is 3. The second kappa shape index (κ2) is 6.15. The van der Waals surface area contributed by atoms with Crippen LogP contribution < -0.4 is 4.74 Å². The Labute approximate surface area is 147 Å². The number of benzene rings is 1. The van der Waals surface area contributed by atoms with Gasteiger partial charge in [-0.25, -0.2) is 14.3 Å². The van der Waals surface area contributed by atoms with Crippen molar-refractivity contribution >= 4 is 0 Å². The van der Waals surface area contributed by atoms with Gasteiger partial charge in [0.05, 0.1) is 6.61 Å². The van der Waals surface area contributed by atoms with Crippen LogP contribution in [0.3, 0.4) is 0 Å². The molecule has 6 nitrogen and oxygen atoms in total. The molecule has 26 heavy (non-hydrogen) atoms. The van der Waals surface area contributed by atoms with E-state index >= 15 is 0 Å². The standard InChI is InChI=1S/C17H16F3N5O/c1-2-11-3-4-15-14(7-11)25-12(5-6-26-15)8-13(23-25)16-21-10-22-24(16)9-17(18,19)20/h3-4,7-8,10H,2,5-6,9H2,1H3. The van der Waals surface area contributed by atoms with Crippen molar-refractivity contribution in [3.05, 3.63) is 41.9 Å². The first kappa shape index (κ1) is 16.6. The van der Waals surface area contributed by atoms with Crippen LogP contribution in [0.25, 0.3) is 17.2 Å². The largest absolute Gasteiger partial charge is 0.491 e. The predicted octanol–water partition coefficient (Wildman–Crippen LogP) is 3.19. The van der Waals surface area contributed by atoms with Crippen molar-refractivity contribution in [3.8, 4) is 23.0 Å². The summed E-state index contributed by atoms with van der Waals surface area (Å²) in [6.07, 6.45) is -1.82. The molecular formula is C17H16F3N5O. The van der Waals surface area contributed by atoms with Crippen LogP contribution in [0.1, 0.15) is 18.2 Å². The first-order valence-corrected chi connectivity index (χ1v) is 8.24. The molecule has 0 N–H and O–H groups in total. The Morgan fingerprint density at radius 2 is 2.08 bits per heavy atom. The Hall–Kier alpha value is -2.84. The fourth-order valence-corrected chi connectivity index (χ4v) is 3.00. The average Bonchev–Trinajstić information content (AvgIpc) is 3.17. The van der Waals surface area contributed by atoms with Crippen molar-refractivity contribution in [1.29, 1.82) is 0 Å². The van der Waals surface area contributed by atoms with Gasteiger partial charge >= 0.3 is 6.18 Å². The highest BCUT2D eigenvalue weighted by atomic mass is 19.4. The van der Waals surface area contributed by atoms with Gasteiger partial charge in [-0.15, -0.1) is 0 Å². The number of fused-ring (bicyclic) bond motifs is 3. The molecule has 9 heteroatoms. The molecule has 1 aliphatic heterocycles. The highest BCUT2D eigenvalue weighted by molar-refractivity contribution is 5.55. The van der Waals surface area contributed by atoms with Gasteiger partial charge in [0.15, 0.2) is 5.82 Å². The maximum atomic E-state index is 12.7. The van der Waals surface area contributed by atoms with Gasteiger partial charge in [-0.1, -0.05) is 13.0 Å². The maximum Gasteiger partial charge on any atom is 0.408 e. The van der Waals surface area contributed by atoms with E-state index in [0.717, 1.165) is 34.4 Å². The molecule has 3 heterocycles. The summed E-state index contributed by atoms with van der Waals surface area (Å²) in [5, 5.41) is 8.19. The Morgan fingerprint density at radius 1 is 1.23 bits per heavy atom. The smallest absolute Gasteiger partial charge is 0.408 e. The first-order valence-electron chi connectivity index (χ1n) is 8.24. The summed E-state index contributed by atoms with van der Waals surface area (Å²) in [6.45, 7) is 1.32. The molecule has 1 aliphatic rings. The van der Waals surface area contributed by atoms with Crippen LogP contribution >= 0.6 is 0 Å². The third-order valence-electron chi connectivity index (χ3n) is 4.23. The van der Waals surface area contributed by atoms with E-state index in [-0.39, 0.29) is 5.82 Å². The lowest BCUT2D eigenvalue weighted by Crippen LogP contribution is -2.19. The van der Waals surface area contributed by atoms with E-state index in [2.05, 4.69) is 15.2 Å². The molecule has 4 rings (SSSR count). The summed E-state index contributed by atoms with van der Waals surface area (Å²) in [7, 11) is 0. The average molecular weight is 363 g/mol. The Bertz CT molecular complexity index is 944. The summed E-state index contributed by atoms with van der Waals surface area (Å²) in [5.41, 5.74) is 3.12. The number of aryl methyl sites for hydroxylation is 1. The zero-order valence-corrected chi connectivity index (χ0v) is 14.0. The lowest BCUT2D eigenvalue weighted by molar-refractivity contribution is -0.142. The van der Waals surface area contributed by atoms with Crippen molar-refractivity contribution in [3.63, 3.8) is 0 Å². The summed E-state index contributed by atoms with van der Waals surface area (Å²) >= 11 is 0. The van der Waals surface area contributed by atoms with Crippen molar-refractivity contribution in [2.75, 3.05) is 6.61 Å². The number of ether oxygens (including phenoxy) is 1. The zero-order chi connectivity index (χ0) is 18.3. The molecule has 136 valence electrons. The summed E-state index contributed by atoms with van der Waals surface area (Å²) in [6, 6.07) is 7.63. The zero-order valence-electron chi connectivity index (χ0n) is 14.0. The Balaban J connectivity index is 1.79. The topological polar surface area (TPSA) is 57.8 Å². The van der Waals surface area contributed by atoms with Crippen LogP contribution in [0, 0.1) is 0 Å². The molecule has 3 aromatic rings. The van der Waals surface area contributed by atoms with Gasteiger partial charge < -0.3 is 4.74 Å². The maximum absolute atomic E-state index is 12.7. The van der Waals surface area contributed by atoms with E-state index in [4.69, 9.17) is 4.74 Å². The molecule has 0 amide bonds. The van der Waals surface area contributed by atoms with Crippen LogP contribution in [0.2, 0.25) is 0 Å². The van der Waals surface area contributed by atoms with Crippen molar-refractivity contribution in [1.82, 2.24) is 24.5 Å². The van der Waals surface area contributed by atoms with Crippen LogP contribution in [-0.2, 0) is 19.4 Å². The van der Waals surface area contributed by atoms with E-state index in [9.17, 15) is 13.2 Å². The minimum absolute atomic E-state index is 0.0945. The van der Waals surface area contributed by atoms with Gasteiger partial charge in [-0.2, -0.15) is 23.4 Å². The van der Waals surface area contributed by atoms with Crippen molar-refractivity contribution < 1.29 is 17.9 Å². The third kappa shape index (κ3) is 3.04. The highest BCUT2D eigenvalue weighted by Gasteiger charge is 2.31. The number of hydrogen-bond acceptors (Lipinski definition) is 4. The molecule has 0 fully saturated rings. The molecule has 0 unspecified atom stereocenters. The molecule has 0 saturated carbocycles. The van der Waals surface area contributed by atoms with Crippen molar-refractivity contribution in [2.45, 2.75) is 32.5 Å². The molecule has 0 atom stereocenters. The Kier molecular flexibility index (Phi) is 3.93.